The van der Waals surface area contributed by atoms with Gasteiger partial charge in [0.05, 0.1) is 24.4 Å². The van der Waals surface area contributed by atoms with Gasteiger partial charge in [-0.1, -0.05) is 29.8 Å². The van der Waals surface area contributed by atoms with Gasteiger partial charge in [0.15, 0.2) is 0 Å². The molecule has 164 valence electrons. The first kappa shape index (κ1) is 22.7. The van der Waals surface area contributed by atoms with Crippen LogP contribution >= 0.6 is 11.6 Å². The van der Waals surface area contributed by atoms with Crippen LogP contribution in [0.15, 0.2) is 47.6 Å². The molecule has 1 heterocycles. The van der Waals surface area contributed by atoms with E-state index in [0.717, 1.165) is 11.3 Å². The molecule has 0 fully saturated rings. The Hall–Kier alpha value is -2.98. The van der Waals surface area contributed by atoms with E-state index >= 15 is 0 Å². The molecule has 31 heavy (non-hydrogen) atoms. The number of anilines is 1. The first-order valence-electron chi connectivity index (χ1n) is 9.18. The normalized spacial score (nSPS) is 16.2. The molecule has 2 N–H and O–H groups in total. The predicted octanol–water partition coefficient (Wildman–Crippen LogP) is 3.39. The number of nitrogens with zero attached hydrogens (tertiary/aromatic N) is 2. The second-order valence-corrected chi connectivity index (χ2v) is 9.14. The number of sulfonamides is 1. The standard InChI is InChI=1S/C20H19ClFN3O5S/c1-31(29,30)24-13-5-2-4-12(10-13)16-11-17(20-14(21)6-3-7-15(20)22)25(23-16)18(26)8-9-19(27)28/h2-7,10,17,24H,8-9,11H2,1H3,(H,27,28). The van der Waals surface area contributed by atoms with E-state index in [1.54, 1.807) is 24.3 Å². The molecule has 8 nitrogen and oxygen atoms in total. The minimum atomic E-state index is -3.50. The number of hydrazone groups is 1. The summed E-state index contributed by atoms with van der Waals surface area (Å²) in [6, 6.07) is 9.69. The van der Waals surface area contributed by atoms with Crippen molar-refractivity contribution in [3.05, 3.63) is 64.4 Å². The van der Waals surface area contributed by atoms with Crippen LogP contribution in [0.3, 0.4) is 0 Å². The van der Waals surface area contributed by atoms with Crippen LogP contribution in [0.1, 0.15) is 36.4 Å². The molecule has 0 aliphatic carbocycles. The van der Waals surface area contributed by atoms with Crippen molar-refractivity contribution in [2.45, 2.75) is 25.3 Å². The number of carboxylic acid groups (broad SMARTS) is 1. The van der Waals surface area contributed by atoms with Crippen LogP contribution < -0.4 is 4.72 Å². The molecule has 2 aromatic rings. The Kier molecular flexibility index (Phi) is 6.61. The lowest BCUT2D eigenvalue weighted by Crippen LogP contribution is -2.28. The highest BCUT2D eigenvalue weighted by Crippen LogP contribution is 2.38. The zero-order chi connectivity index (χ0) is 22.8. The lowest BCUT2D eigenvalue weighted by Gasteiger charge is -2.23. The van der Waals surface area contributed by atoms with E-state index < -0.39 is 40.2 Å². The number of carbonyl (C=O) groups is 2. The summed E-state index contributed by atoms with van der Waals surface area (Å²) in [4.78, 5) is 23.6. The second-order valence-electron chi connectivity index (χ2n) is 6.99. The molecule has 0 aromatic heterocycles. The third-order valence-electron chi connectivity index (χ3n) is 4.55. The average molecular weight is 468 g/mol. The molecule has 2 aromatic carbocycles. The van der Waals surface area contributed by atoms with Crippen molar-refractivity contribution in [3.63, 3.8) is 0 Å². The van der Waals surface area contributed by atoms with Gasteiger partial charge in [-0.05, 0) is 29.8 Å². The number of amides is 1. The lowest BCUT2D eigenvalue weighted by molar-refractivity contribution is -0.141. The van der Waals surface area contributed by atoms with Crippen LogP contribution in [0.5, 0.6) is 0 Å². The van der Waals surface area contributed by atoms with Gasteiger partial charge in [0.2, 0.25) is 15.9 Å². The molecule has 0 saturated carbocycles. The van der Waals surface area contributed by atoms with E-state index in [4.69, 9.17) is 16.7 Å². The van der Waals surface area contributed by atoms with Gasteiger partial charge in [-0.25, -0.2) is 17.8 Å². The largest absolute Gasteiger partial charge is 0.481 e. The van der Waals surface area contributed by atoms with Crippen LogP contribution in [0.4, 0.5) is 10.1 Å². The molecular weight excluding hydrogens is 449 g/mol. The number of carbonyl (C=O) groups excluding carboxylic acids is 1. The molecule has 1 aliphatic heterocycles. The average Bonchev–Trinajstić information content (AvgIpc) is 3.10. The molecule has 3 rings (SSSR count). The molecule has 0 bridgehead atoms. The Labute approximate surface area is 183 Å². The summed E-state index contributed by atoms with van der Waals surface area (Å²) in [5.74, 6) is -2.35. The highest BCUT2D eigenvalue weighted by atomic mass is 35.5. The van der Waals surface area contributed by atoms with Gasteiger partial charge < -0.3 is 5.11 Å². The first-order chi connectivity index (χ1) is 14.5. The number of hydrogen-bond donors (Lipinski definition) is 2. The van der Waals surface area contributed by atoms with E-state index in [1.807, 2.05) is 0 Å². The summed E-state index contributed by atoms with van der Waals surface area (Å²) in [6.07, 6.45) is 0.420. The number of halogens is 2. The van der Waals surface area contributed by atoms with E-state index in [-0.39, 0.29) is 23.4 Å². The molecule has 1 aliphatic rings. The summed E-state index contributed by atoms with van der Waals surface area (Å²) in [5, 5.41) is 14.4. The van der Waals surface area contributed by atoms with Crippen molar-refractivity contribution < 1.29 is 27.5 Å². The van der Waals surface area contributed by atoms with Crippen molar-refractivity contribution >= 4 is 44.9 Å². The number of rotatable bonds is 7. The number of nitrogens with one attached hydrogen (secondary N) is 1. The van der Waals surface area contributed by atoms with Crippen molar-refractivity contribution in [2.24, 2.45) is 5.10 Å². The van der Waals surface area contributed by atoms with E-state index in [1.165, 1.54) is 18.2 Å². The molecule has 1 unspecified atom stereocenters. The molecule has 0 spiro atoms. The molecule has 0 radical (unpaired) electrons. The Balaban J connectivity index is 1.99. The quantitative estimate of drug-likeness (QED) is 0.647. The van der Waals surface area contributed by atoms with Gasteiger partial charge in [0.25, 0.3) is 0 Å². The molecule has 1 amide bonds. The topological polar surface area (TPSA) is 116 Å². The summed E-state index contributed by atoms with van der Waals surface area (Å²) >= 11 is 6.20. The van der Waals surface area contributed by atoms with Crippen molar-refractivity contribution in [2.75, 3.05) is 11.0 Å². The van der Waals surface area contributed by atoms with Gasteiger partial charge in [0, 0.05) is 29.1 Å². The maximum atomic E-state index is 14.6. The highest BCUT2D eigenvalue weighted by Gasteiger charge is 2.36. The monoisotopic (exact) mass is 467 g/mol. The van der Waals surface area contributed by atoms with E-state index in [0.29, 0.717) is 17.0 Å². The fourth-order valence-corrected chi connectivity index (χ4v) is 4.12. The summed E-state index contributed by atoms with van der Waals surface area (Å²) in [6.45, 7) is 0. The van der Waals surface area contributed by atoms with Crippen molar-refractivity contribution in [1.29, 1.82) is 0 Å². The van der Waals surface area contributed by atoms with Crippen LogP contribution in [-0.4, -0.2) is 42.4 Å². The summed E-state index contributed by atoms with van der Waals surface area (Å²) < 4.78 is 40.0. The smallest absolute Gasteiger partial charge is 0.303 e. The van der Waals surface area contributed by atoms with Gasteiger partial charge in [-0.3, -0.25) is 14.3 Å². The van der Waals surface area contributed by atoms with Crippen molar-refractivity contribution in [3.8, 4) is 0 Å². The zero-order valence-corrected chi connectivity index (χ0v) is 18.0. The Morgan fingerprint density at radius 3 is 2.61 bits per heavy atom. The van der Waals surface area contributed by atoms with E-state index in [2.05, 4.69) is 9.82 Å². The highest BCUT2D eigenvalue weighted by molar-refractivity contribution is 7.92. The fourth-order valence-electron chi connectivity index (χ4n) is 3.27. The van der Waals surface area contributed by atoms with Gasteiger partial charge in [-0.2, -0.15) is 5.10 Å². The second kappa shape index (κ2) is 9.03. The Morgan fingerprint density at radius 2 is 1.97 bits per heavy atom. The number of aliphatic carboxylic acids is 1. The van der Waals surface area contributed by atoms with Gasteiger partial charge in [-0.15, -0.1) is 0 Å². The van der Waals surface area contributed by atoms with E-state index in [9.17, 15) is 22.4 Å². The summed E-state index contributed by atoms with van der Waals surface area (Å²) in [7, 11) is -3.50. The number of carboxylic acids is 1. The van der Waals surface area contributed by atoms with Crippen LogP contribution in [0, 0.1) is 5.82 Å². The Bertz CT molecular complexity index is 1150. The maximum absolute atomic E-state index is 14.6. The maximum Gasteiger partial charge on any atom is 0.303 e. The first-order valence-corrected chi connectivity index (χ1v) is 11.5. The minimum absolute atomic E-state index is 0.0806. The molecular formula is C20H19ClFN3O5S. The zero-order valence-electron chi connectivity index (χ0n) is 16.4. The number of benzene rings is 2. The molecule has 0 saturated heterocycles. The van der Waals surface area contributed by atoms with Crippen molar-refractivity contribution in [1.82, 2.24) is 5.01 Å². The fraction of sp³-hybridized carbons (Fsp3) is 0.250. The molecule has 1 atom stereocenters. The minimum Gasteiger partial charge on any atom is -0.481 e. The molecule has 11 heteroatoms. The lowest BCUT2D eigenvalue weighted by atomic mass is 9.97. The summed E-state index contributed by atoms with van der Waals surface area (Å²) in [5.41, 5.74) is 1.32. The van der Waals surface area contributed by atoms with Gasteiger partial charge >= 0.3 is 5.97 Å². The third-order valence-corrected chi connectivity index (χ3v) is 5.49. The SMILES string of the molecule is CS(=O)(=O)Nc1cccc(C2=NN(C(=O)CCC(=O)O)C(c3c(F)cccc3Cl)C2)c1. The predicted molar refractivity (Wildman–Crippen MR) is 114 cm³/mol. The number of hydrogen-bond acceptors (Lipinski definition) is 5. The van der Waals surface area contributed by atoms with Crippen LogP contribution in [0.25, 0.3) is 0 Å². The Morgan fingerprint density at radius 1 is 1.26 bits per heavy atom. The van der Waals surface area contributed by atoms with Gasteiger partial charge in [0.1, 0.15) is 5.82 Å². The third kappa shape index (κ3) is 5.59. The van der Waals surface area contributed by atoms with Crippen LogP contribution in [0.2, 0.25) is 5.02 Å². The van der Waals surface area contributed by atoms with Crippen LogP contribution in [-0.2, 0) is 19.6 Å².